The zero-order valence-corrected chi connectivity index (χ0v) is 17.7. The fourth-order valence-electron chi connectivity index (χ4n) is 3.45. The number of anilines is 1. The highest BCUT2D eigenvalue weighted by Gasteiger charge is 2.21. The van der Waals surface area contributed by atoms with Gasteiger partial charge in [-0.25, -0.2) is 0 Å². The summed E-state index contributed by atoms with van der Waals surface area (Å²) in [5.41, 5.74) is 8.74. The molecular formula is C22H27ClN4O3. The van der Waals surface area contributed by atoms with Crippen LogP contribution in [0.25, 0.3) is 0 Å². The Morgan fingerprint density at radius 1 is 1.27 bits per heavy atom. The van der Waals surface area contributed by atoms with Gasteiger partial charge in [-0.05, 0) is 35.4 Å². The molecule has 0 saturated carbocycles. The number of hydrogen-bond donors (Lipinski definition) is 3. The SMILES string of the molecule is CNC(=O)c1ccc(CC(=O)NCC2CN(Cc3cccc(Cl)c3)CCO2)c(N)c1. The van der Waals surface area contributed by atoms with Gasteiger partial charge in [-0.2, -0.15) is 0 Å². The molecule has 1 aliphatic rings. The minimum atomic E-state index is -0.213. The molecule has 0 radical (unpaired) electrons. The zero-order valence-electron chi connectivity index (χ0n) is 17.0. The molecule has 0 bridgehead atoms. The van der Waals surface area contributed by atoms with Crippen LogP contribution in [-0.2, 0) is 22.5 Å². The van der Waals surface area contributed by atoms with Crippen LogP contribution >= 0.6 is 11.6 Å². The molecule has 1 aliphatic heterocycles. The average Bonchev–Trinajstić information content (AvgIpc) is 2.73. The Balaban J connectivity index is 1.48. The molecule has 7 nitrogen and oxygen atoms in total. The number of benzene rings is 2. The van der Waals surface area contributed by atoms with E-state index in [2.05, 4.69) is 21.6 Å². The molecule has 8 heteroatoms. The first-order chi connectivity index (χ1) is 14.4. The van der Waals surface area contributed by atoms with Gasteiger partial charge in [-0.1, -0.05) is 29.8 Å². The number of rotatable bonds is 7. The van der Waals surface area contributed by atoms with Gasteiger partial charge in [0, 0.05) is 49.5 Å². The first kappa shape index (κ1) is 22.1. The zero-order chi connectivity index (χ0) is 21.5. The molecule has 2 aromatic carbocycles. The van der Waals surface area contributed by atoms with Crippen molar-refractivity contribution in [2.24, 2.45) is 0 Å². The summed E-state index contributed by atoms with van der Waals surface area (Å²) < 4.78 is 5.80. The summed E-state index contributed by atoms with van der Waals surface area (Å²) in [5, 5.41) is 6.20. The van der Waals surface area contributed by atoms with Crippen LogP contribution in [0.15, 0.2) is 42.5 Å². The molecule has 2 amide bonds. The van der Waals surface area contributed by atoms with Gasteiger partial charge in [0.2, 0.25) is 5.91 Å². The molecule has 1 fully saturated rings. The van der Waals surface area contributed by atoms with Crippen molar-refractivity contribution >= 4 is 29.1 Å². The number of nitrogens with zero attached hydrogens (tertiary/aromatic N) is 1. The van der Waals surface area contributed by atoms with E-state index in [0.29, 0.717) is 30.0 Å². The smallest absolute Gasteiger partial charge is 0.251 e. The number of amides is 2. The second-order valence-electron chi connectivity index (χ2n) is 7.33. The van der Waals surface area contributed by atoms with Gasteiger partial charge >= 0.3 is 0 Å². The van der Waals surface area contributed by atoms with Crippen LogP contribution in [0.5, 0.6) is 0 Å². The summed E-state index contributed by atoms with van der Waals surface area (Å²) in [6, 6.07) is 12.8. The van der Waals surface area contributed by atoms with Crippen LogP contribution < -0.4 is 16.4 Å². The Hall–Kier alpha value is -2.61. The summed E-state index contributed by atoms with van der Waals surface area (Å²) >= 11 is 6.07. The fourth-order valence-corrected chi connectivity index (χ4v) is 3.66. The van der Waals surface area contributed by atoms with E-state index >= 15 is 0 Å². The second kappa shape index (κ2) is 10.4. The van der Waals surface area contributed by atoms with E-state index in [1.807, 2.05) is 18.2 Å². The maximum Gasteiger partial charge on any atom is 0.251 e. The predicted molar refractivity (Wildman–Crippen MR) is 117 cm³/mol. The molecule has 0 aromatic heterocycles. The minimum Gasteiger partial charge on any atom is -0.398 e. The lowest BCUT2D eigenvalue weighted by Crippen LogP contribution is -2.47. The molecule has 2 aromatic rings. The first-order valence-corrected chi connectivity index (χ1v) is 10.3. The summed E-state index contributed by atoms with van der Waals surface area (Å²) in [7, 11) is 1.56. The van der Waals surface area contributed by atoms with E-state index in [0.717, 1.165) is 30.2 Å². The van der Waals surface area contributed by atoms with Crippen LogP contribution in [0.3, 0.4) is 0 Å². The van der Waals surface area contributed by atoms with Crippen molar-refractivity contribution in [2.75, 3.05) is 39.0 Å². The summed E-state index contributed by atoms with van der Waals surface area (Å²) in [6.07, 6.45) is 0.0774. The lowest BCUT2D eigenvalue weighted by atomic mass is 10.1. The van der Waals surface area contributed by atoms with Crippen LogP contribution in [-0.4, -0.2) is 56.1 Å². The van der Waals surface area contributed by atoms with Gasteiger partial charge in [-0.15, -0.1) is 0 Å². The van der Waals surface area contributed by atoms with Crippen molar-refractivity contribution in [2.45, 2.75) is 19.1 Å². The fraction of sp³-hybridized carbons (Fsp3) is 0.364. The van der Waals surface area contributed by atoms with E-state index in [4.69, 9.17) is 22.1 Å². The third kappa shape index (κ3) is 6.19. The molecule has 0 spiro atoms. The van der Waals surface area contributed by atoms with Gasteiger partial charge in [0.05, 0.1) is 19.1 Å². The first-order valence-electron chi connectivity index (χ1n) is 9.90. The molecule has 30 heavy (non-hydrogen) atoms. The van der Waals surface area contributed by atoms with Crippen molar-refractivity contribution in [1.82, 2.24) is 15.5 Å². The van der Waals surface area contributed by atoms with Crippen LogP contribution in [0.1, 0.15) is 21.5 Å². The summed E-state index contributed by atoms with van der Waals surface area (Å²) in [5.74, 6) is -0.348. The number of carbonyl (C=O) groups excluding carboxylic acids is 2. The van der Waals surface area contributed by atoms with E-state index in [9.17, 15) is 9.59 Å². The lowest BCUT2D eigenvalue weighted by Gasteiger charge is -2.33. The van der Waals surface area contributed by atoms with E-state index in [-0.39, 0.29) is 24.3 Å². The summed E-state index contributed by atoms with van der Waals surface area (Å²) in [4.78, 5) is 26.3. The van der Waals surface area contributed by atoms with Gasteiger partial charge in [0.15, 0.2) is 0 Å². The highest BCUT2D eigenvalue weighted by Crippen LogP contribution is 2.16. The van der Waals surface area contributed by atoms with Crippen LogP contribution in [0.4, 0.5) is 5.69 Å². The van der Waals surface area contributed by atoms with Gasteiger partial charge in [0.1, 0.15) is 0 Å². The topological polar surface area (TPSA) is 96.7 Å². The van der Waals surface area contributed by atoms with Gasteiger partial charge in [0.25, 0.3) is 5.91 Å². The molecular weight excluding hydrogens is 404 g/mol. The van der Waals surface area contributed by atoms with E-state index in [1.54, 1.807) is 25.2 Å². The number of halogens is 1. The maximum absolute atomic E-state index is 12.4. The second-order valence-corrected chi connectivity index (χ2v) is 7.77. The van der Waals surface area contributed by atoms with Crippen molar-refractivity contribution < 1.29 is 14.3 Å². The Labute approximate surface area is 181 Å². The highest BCUT2D eigenvalue weighted by molar-refractivity contribution is 6.30. The van der Waals surface area contributed by atoms with Crippen molar-refractivity contribution in [1.29, 1.82) is 0 Å². The molecule has 160 valence electrons. The van der Waals surface area contributed by atoms with Gasteiger partial charge in [-0.3, -0.25) is 14.5 Å². The number of nitrogens with one attached hydrogen (secondary N) is 2. The largest absolute Gasteiger partial charge is 0.398 e. The van der Waals surface area contributed by atoms with Crippen molar-refractivity contribution in [3.63, 3.8) is 0 Å². The number of morpholine rings is 1. The van der Waals surface area contributed by atoms with Crippen molar-refractivity contribution in [3.8, 4) is 0 Å². The molecule has 1 saturated heterocycles. The number of hydrogen-bond acceptors (Lipinski definition) is 5. The standard InChI is InChI=1S/C22H27ClN4O3/c1-25-22(29)17-6-5-16(20(24)10-17)11-21(28)26-12-19-14-27(7-8-30-19)13-15-3-2-4-18(23)9-15/h2-6,9-10,19H,7-8,11-14,24H2,1H3,(H,25,29)(H,26,28). The molecule has 4 N–H and O–H groups in total. The number of nitrogen functional groups attached to an aromatic ring is 1. The molecule has 1 atom stereocenters. The maximum atomic E-state index is 12.4. The third-order valence-electron chi connectivity index (χ3n) is 5.03. The minimum absolute atomic E-state index is 0.0742. The quantitative estimate of drug-likeness (QED) is 0.582. The Bertz CT molecular complexity index is 906. The lowest BCUT2D eigenvalue weighted by molar-refractivity contribution is -0.121. The monoisotopic (exact) mass is 430 g/mol. The number of carbonyl (C=O) groups is 2. The molecule has 1 heterocycles. The van der Waals surface area contributed by atoms with Crippen LogP contribution in [0, 0.1) is 0 Å². The Morgan fingerprint density at radius 3 is 2.83 bits per heavy atom. The molecule has 3 rings (SSSR count). The molecule has 0 aliphatic carbocycles. The van der Waals surface area contributed by atoms with Crippen LogP contribution in [0.2, 0.25) is 5.02 Å². The molecule has 1 unspecified atom stereocenters. The normalized spacial score (nSPS) is 16.8. The average molecular weight is 431 g/mol. The summed E-state index contributed by atoms with van der Waals surface area (Å²) in [6.45, 7) is 3.42. The predicted octanol–water partition coefficient (Wildman–Crippen LogP) is 1.84. The third-order valence-corrected chi connectivity index (χ3v) is 5.27. The van der Waals surface area contributed by atoms with E-state index in [1.165, 1.54) is 0 Å². The highest BCUT2D eigenvalue weighted by atomic mass is 35.5. The Morgan fingerprint density at radius 2 is 2.10 bits per heavy atom. The Kier molecular flexibility index (Phi) is 7.68. The van der Waals surface area contributed by atoms with E-state index < -0.39 is 0 Å². The van der Waals surface area contributed by atoms with Gasteiger partial charge < -0.3 is 21.1 Å². The van der Waals surface area contributed by atoms with Crippen molar-refractivity contribution in [3.05, 3.63) is 64.2 Å². The number of nitrogens with two attached hydrogens (primary N) is 1. The number of ether oxygens (including phenoxy) is 1.